The fourth-order valence-corrected chi connectivity index (χ4v) is 7.27. The maximum atomic E-state index is 13.7. The molecular formula is C24H27BrN2O3S. The van der Waals surface area contributed by atoms with Gasteiger partial charge in [0, 0.05) is 30.0 Å². The number of amides is 1. The Kier molecular flexibility index (Phi) is 5.69. The molecule has 2 aromatic rings. The fraction of sp³-hybridized carbons (Fsp3) is 0.458. The highest BCUT2D eigenvalue weighted by Crippen LogP contribution is 2.42. The summed E-state index contributed by atoms with van der Waals surface area (Å²) in [4.78, 5) is 14.8. The molecule has 0 aromatic heterocycles. The number of hydrogen-bond acceptors (Lipinski definition) is 3. The number of hydrogen-bond donors (Lipinski definition) is 0. The maximum Gasteiger partial charge on any atom is 0.245 e. The van der Waals surface area contributed by atoms with E-state index in [2.05, 4.69) is 40.2 Å². The molecule has 31 heavy (non-hydrogen) atoms. The molecule has 0 N–H and O–H groups in total. The van der Waals surface area contributed by atoms with Crippen molar-refractivity contribution in [3.8, 4) is 0 Å². The summed E-state index contributed by atoms with van der Waals surface area (Å²) in [7, 11) is -3.67. The van der Waals surface area contributed by atoms with Crippen molar-refractivity contribution >= 4 is 37.5 Å². The highest BCUT2D eigenvalue weighted by molar-refractivity contribution is 9.10. The summed E-state index contributed by atoms with van der Waals surface area (Å²) in [5, 5.41) is 0. The van der Waals surface area contributed by atoms with Crippen LogP contribution in [-0.2, 0) is 27.7 Å². The van der Waals surface area contributed by atoms with Crippen LogP contribution in [-0.4, -0.2) is 38.3 Å². The molecule has 1 aliphatic carbocycles. The van der Waals surface area contributed by atoms with Crippen LogP contribution in [0.2, 0.25) is 0 Å². The first-order valence-electron chi connectivity index (χ1n) is 11.1. The van der Waals surface area contributed by atoms with E-state index in [9.17, 15) is 13.2 Å². The molecule has 164 valence electrons. The van der Waals surface area contributed by atoms with E-state index < -0.39 is 10.0 Å². The third-order valence-electron chi connectivity index (χ3n) is 6.74. The quantitative estimate of drug-likeness (QED) is 0.608. The van der Waals surface area contributed by atoms with Crippen molar-refractivity contribution in [2.45, 2.75) is 43.4 Å². The predicted octanol–water partition coefficient (Wildman–Crippen LogP) is 4.39. The first-order chi connectivity index (χ1) is 14.9. The molecular weight excluding hydrogens is 476 g/mol. The molecule has 0 unspecified atom stereocenters. The van der Waals surface area contributed by atoms with Crippen molar-refractivity contribution in [1.29, 1.82) is 0 Å². The molecule has 0 radical (unpaired) electrons. The largest absolute Gasteiger partial charge is 0.310 e. The summed E-state index contributed by atoms with van der Waals surface area (Å²) >= 11 is 3.49. The summed E-state index contributed by atoms with van der Waals surface area (Å²) in [6.45, 7) is 1.62. The second-order valence-electron chi connectivity index (χ2n) is 8.96. The third kappa shape index (κ3) is 4.20. The van der Waals surface area contributed by atoms with Gasteiger partial charge in [-0.1, -0.05) is 46.3 Å². The molecule has 0 spiro atoms. The zero-order chi connectivity index (χ0) is 21.6. The second-order valence-corrected chi connectivity index (χ2v) is 11.8. The molecule has 0 atom stereocenters. The Hall–Kier alpha value is -1.70. The SMILES string of the molecule is O=C(C1CC1)N1CCc2cc(Br)cc(S(=O)(=O)N3CCC(Cc4ccccc4)CC3)c21. The van der Waals surface area contributed by atoms with E-state index in [-0.39, 0.29) is 16.7 Å². The van der Waals surface area contributed by atoms with Crippen molar-refractivity contribution < 1.29 is 13.2 Å². The van der Waals surface area contributed by atoms with Gasteiger partial charge in [-0.3, -0.25) is 4.79 Å². The number of piperidine rings is 1. The smallest absolute Gasteiger partial charge is 0.245 e. The van der Waals surface area contributed by atoms with Crippen molar-refractivity contribution in [3.63, 3.8) is 0 Å². The Bertz CT molecular complexity index is 1090. The average molecular weight is 503 g/mol. The van der Waals surface area contributed by atoms with Gasteiger partial charge in [0.1, 0.15) is 4.90 Å². The van der Waals surface area contributed by atoms with Gasteiger partial charge in [0.05, 0.1) is 5.69 Å². The van der Waals surface area contributed by atoms with E-state index in [1.165, 1.54) is 5.56 Å². The molecule has 5 rings (SSSR count). The number of anilines is 1. The highest BCUT2D eigenvalue weighted by atomic mass is 79.9. The van der Waals surface area contributed by atoms with Gasteiger partial charge in [-0.2, -0.15) is 4.31 Å². The molecule has 2 heterocycles. The van der Waals surface area contributed by atoms with Gasteiger partial charge in [0.15, 0.2) is 0 Å². The molecule has 1 amide bonds. The van der Waals surface area contributed by atoms with E-state index in [1.807, 2.05) is 12.1 Å². The molecule has 7 heteroatoms. The van der Waals surface area contributed by atoms with Crippen LogP contribution in [0.4, 0.5) is 5.69 Å². The van der Waals surface area contributed by atoms with E-state index in [1.54, 1.807) is 15.3 Å². The Labute approximate surface area is 192 Å². The van der Waals surface area contributed by atoms with Crippen LogP contribution in [0.3, 0.4) is 0 Å². The van der Waals surface area contributed by atoms with Crippen molar-refractivity contribution in [2.75, 3.05) is 24.5 Å². The van der Waals surface area contributed by atoms with Crippen LogP contribution in [0.1, 0.15) is 36.8 Å². The normalized spacial score (nSPS) is 20.1. The van der Waals surface area contributed by atoms with Gasteiger partial charge >= 0.3 is 0 Å². The molecule has 2 aliphatic heterocycles. The van der Waals surface area contributed by atoms with Crippen LogP contribution in [0.25, 0.3) is 0 Å². The van der Waals surface area contributed by atoms with Crippen LogP contribution < -0.4 is 4.90 Å². The van der Waals surface area contributed by atoms with Crippen LogP contribution >= 0.6 is 15.9 Å². The fourth-order valence-electron chi connectivity index (χ4n) is 4.88. The molecule has 2 fully saturated rings. The second kappa shape index (κ2) is 8.34. The monoisotopic (exact) mass is 502 g/mol. The van der Waals surface area contributed by atoms with E-state index in [4.69, 9.17) is 0 Å². The van der Waals surface area contributed by atoms with Crippen LogP contribution in [0.15, 0.2) is 51.8 Å². The Morgan fingerprint density at radius 3 is 2.39 bits per heavy atom. The Balaban J connectivity index is 1.37. The maximum absolute atomic E-state index is 13.7. The van der Waals surface area contributed by atoms with E-state index >= 15 is 0 Å². The summed E-state index contributed by atoms with van der Waals surface area (Å²) < 4.78 is 29.7. The number of sulfonamides is 1. The van der Waals surface area contributed by atoms with Gasteiger partial charge in [0.25, 0.3) is 0 Å². The first kappa shape index (κ1) is 21.2. The Morgan fingerprint density at radius 2 is 1.71 bits per heavy atom. The molecule has 5 nitrogen and oxygen atoms in total. The van der Waals surface area contributed by atoms with Crippen LogP contribution in [0, 0.1) is 11.8 Å². The number of carbonyl (C=O) groups excluding carboxylic acids is 1. The van der Waals surface area contributed by atoms with Gasteiger partial charge in [-0.25, -0.2) is 8.42 Å². The summed E-state index contributed by atoms with van der Waals surface area (Å²) in [5.74, 6) is 0.646. The number of carbonyl (C=O) groups is 1. The number of benzene rings is 2. The first-order valence-corrected chi connectivity index (χ1v) is 13.3. The lowest BCUT2D eigenvalue weighted by Crippen LogP contribution is -2.40. The van der Waals surface area contributed by atoms with Gasteiger partial charge in [-0.15, -0.1) is 0 Å². The summed E-state index contributed by atoms with van der Waals surface area (Å²) in [6.07, 6.45) is 5.24. The van der Waals surface area contributed by atoms with Gasteiger partial charge < -0.3 is 4.90 Å². The topological polar surface area (TPSA) is 57.7 Å². The zero-order valence-electron chi connectivity index (χ0n) is 17.5. The number of fused-ring (bicyclic) bond motifs is 1. The number of nitrogens with zero attached hydrogens (tertiary/aromatic N) is 2. The average Bonchev–Trinajstić information content (AvgIpc) is 3.53. The number of halogens is 1. The van der Waals surface area contributed by atoms with Gasteiger partial charge in [-0.05, 0) is 67.7 Å². The summed E-state index contributed by atoms with van der Waals surface area (Å²) in [5.41, 5.74) is 2.87. The van der Waals surface area contributed by atoms with Crippen molar-refractivity contribution in [3.05, 3.63) is 58.1 Å². The molecule has 1 saturated carbocycles. The van der Waals surface area contributed by atoms with Crippen molar-refractivity contribution in [1.82, 2.24) is 4.31 Å². The lowest BCUT2D eigenvalue weighted by molar-refractivity contribution is -0.119. The molecule has 3 aliphatic rings. The lowest BCUT2D eigenvalue weighted by atomic mass is 9.91. The van der Waals surface area contributed by atoms with E-state index in [0.717, 1.165) is 42.1 Å². The van der Waals surface area contributed by atoms with Crippen LogP contribution in [0.5, 0.6) is 0 Å². The molecule has 2 aromatic carbocycles. The third-order valence-corrected chi connectivity index (χ3v) is 9.11. The highest BCUT2D eigenvalue weighted by Gasteiger charge is 2.41. The minimum atomic E-state index is -3.67. The minimum Gasteiger partial charge on any atom is -0.310 e. The zero-order valence-corrected chi connectivity index (χ0v) is 19.9. The predicted molar refractivity (Wildman–Crippen MR) is 125 cm³/mol. The van der Waals surface area contributed by atoms with Gasteiger partial charge in [0.2, 0.25) is 15.9 Å². The molecule has 1 saturated heterocycles. The lowest BCUT2D eigenvalue weighted by Gasteiger charge is -2.32. The standard InChI is InChI=1S/C24H27BrN2O3S/c25-21-15-20-10-13-27(24(28)19-6-7-19)23(20)22(16-21)31(29,30)26-11-8-18(9-12-26)14-17-4-2-1-3-5-17/h1-5,15-16,18-19H,6-14H2. The number of rotatable bonds is 5. The Morgan fingerprint density at radius 1 is 1.00 bits per heavy atom. The summed E-state index contributed by atoms with van der Waals surface area (Å²) in [6, 6.07) is 14.0. The van der Waals surface area contributed by atoms with E-state index in [0.29, 0.717) is 37.7 Å². The minimum absolute atomic E-state index is 0.0684. The van der Waals surface area contributed by atoms with Crippen molar-refractivity contribution in [2.24, 2.45) is 11.8 Å². The molecule has 0 bridgehead atoms.